The average Bonchev–Trinajstić information content (AvgIpc) is 3.34. The number of hydrogen-bond donors (Lipinski definition) is 0. The van der Waals surface area contributed by atoms with Crippen LogP contribution in [0.4, 0.5) is 0 Å². The van der Waals surface area contributed by atoms with Crippen LogP contribution in [0.5, 0.6) is 5.75 Å². The van der Waals surface area contributed by atoms with E-state index in [9.17, 15) is 0 Å². The van der Waals surface area contributed by atoms with E-state index in [1.165, 1.54) is 11.1 Å². The van der Waals surface area contributed by atoms with Gasteiger partial charge in [-0.1, -0.05) is 53.7 Å². The lowest BCUT2D eigenvalue weighted by Crippen LogP contribution is -2.04. The topological polar surface area (TPSA) is 52.8 Å². The minimum Gasteiger partial charge on any atom is -0.484 e. The third-order valence-corrected chi connectivity index (χ3v) is 6.94. The highest BCUT2D eigenvalue weighted by atomic mass is 35.5. The molecule has 30 heavy (non-hydrogen) atoms. The lowest BCUT2D eigenvalue weighted by molar-refractivity contribution is 0.290. The third-order valence-electron chi connectivity index (χ3n) is 4.64. The van der Waals surface area contributed by atoms with E-state index in [-0.39, 0.29) is 0 Å². The standard InChI is InChI=1S/C22H21ClN4OS2/c1-14-8-9-18(23)19(10-14)28-11-20-25-26-22(27(20)3)30-13-16-12-29-21(24-16)17-7-5-4-6-15(17)2/h4-10,12H,11,13H2,1-3H3. The average molecular weight is 457 g/mol. The van der Waals surface area contributed by atoms with Crippen LogP contribution >= 0.6 is 34.7 Å². The summed E-state index contributed by atoms with van der Waals surface area (Å²) in [7, 11) is 1.94. The molecule has 0 bridgehead atoms. The molecule has 0 saturated heterocycles. The van der Waals surface area contributed by atoms with E-state index in [0.717, 1.165) is 33.0 Å². The summed E-state index contributed by atoms with van der Waals surface area (Å²) in [5, 5.41) is 13.1. The Morgan fingerprint density at radius 3 is 2.80 bits per heavy atom. The summed E-state index contributed by atoms with van der Waals surface area (Å²) in [5.74, 6) is 2.13. The van der Waals surface area contributed by atoms with Gasteiger partial charge in [0.15, 0.2) is 11.0 Å². The maximum atomic E-state index is 6.20. The Labute approximate surface area is 189 Å². The molecular formula is C22H21ClN4OS2. The van der Waals surface area contributed by atoms with E-state index >= 15 is 0 Å². The van der Waals surface area contributed by atoms with Crippen LogP contribution in [-0.4, -0.2) is 19.7 Å². The number of nitrogens with zero attached hydrogens (tertiary/aromatic N) is 4. The van der Waals surface area contributed by atoms with Gasteiger partial charge in [0.05, 0.1) is 10.7 Å². The zero-order chi connectivity index (χ0) is 21.1. The van der Waals surface area contributed by atoms with Gasteiger partial charge in [0.25, 0.3) is 0 Å². The highest BCUT2D eigenvalue weighted by Crippen LogP contribution is 2.30. The maximum Gasteiger partial charge on any atom is 0.191 e. The summed E-state index contributed by atoms with van der Waals surface area (Å²) >= 11 is 9.49. The van der Waals surface area contributed by atoms with Gasteiger partial charge in [0, 0.05) is 23.7 Å². The molecule has 0 amide bonds. The van der Waals surface area contributed by atoms with Gasteiger partial charge in [0.1, 0.15) is 17.4 Å². The molecule has 0 saturated carbocycles. The summed E-state index contributed by atoms with van der Waals surface area (Å²) in [6.07, 6.45) is 0. The first-order chi connectivity index (χ1) is 14.5. The molecule has 2 aromatic heterocycles. The Hall–Kier alpha value is -2.35. The Morgan fingerprint density at radius 2 is 1.97 bits per heavy atom. The molecule has 154 valence electrons. The minimum atomic E-state index is 0.307. The molecule has 0 N–H and O–H groups in total. The van der Waals surface area contributed by atoms with E-state index in [4.69, 9.17) is 21.3 Å². The fraction of sp³-hybridized carbons (Fsp3) is 0.227. The van der Waals surface area contributed by atoms with Crippen molar-refractivity contribution in [1.82, 2.24) is 19.7 Å². The van der Waals surface area contributed by atoms with Crippen LogP contribution in [-0.2, 0) is 19.4 Å². The van der Waals surface area contributed by atoms with Crippen molar-refractivity contribution in [3.8, 4) is 16.3 Å². The van der Waals surface area contributed by atoms with Crippen LogP contribution in [0.1, 0.15) is 22.6 Å². The lowest BCUT2D eigenvalue weighted by Gasteiger charge is -2.08. The second kappa shape index (κ2) is 9.20. The molecule has 0 aliphatic rings. The monoisotopic (exact) mass is 456 g/mol. The predicted molar refractivity (Wildman–Crippen MR) is 123 cm³/mol. The van der Waals surface area contributed by atoms with Crippen LogP contribution in [0, 0.1) is 13.8 Å². The molecule has 2 heterocycles. The molecule has 2 aromatic carbocycles. The molecule has 0 spiro atoms. The van der Waals surface area contributed by atoms with Gasteiger partial charge >= 0.3 is 0 Å². The molecule has 8 heteroatoms. The number of benzene rings is 2. The Morgan fingerprint density at radius 1 is 1.13 bits per heavy atom. The van der Waals surface area contributed by atoms with Crippen LogP contribution in [0.15, 0.2) is 53.0 Å². The molecule has 4 rings (SSSR count). The normalized spacial score (nSPS) is 11.1. The molecule has 4 aromatic rings. The second-order valence-electron chi connectivity index (χ2n) is 6.93. The number of hydrogen-bond acceptors (Lipinski definition) is 6. The van der Waals surface area contributed by atoms with E-state index in [0.29, 0.717) is 17.4 Å². The summed E-state index contributed by atoms with van der Waals surface area (Å²) in [4.78, 5) is 4.79. The lowest BCUT2D eigenvalue weighted by atomic mass is 10.1. The highest BCUT2D eigenvalue weighted by molar-refractivity contribution is 7.98. The van der Waals surface area contributed by atoms with Crippen molar-refractivity contribution in [2.75, 3.05) is 0 Å². The maximum absolute atomic E-state index is 6.20. The van der Waals surface area contributed by atoms with Gasteiger partial charge in [-0.2, -0.15) is 0 Å². The first-order valence-electron chi connectivity index (χ1n) is 9.41. The summed E-state index contributed by atoms with van der Waals surface area (Å²) in [6.45, 7) is 4.42. The smallest absolute Gasteiger partial charge is 0.191 e. The van der Waals surface area contributed by atoms with Crippen molar-refractivity contribution < 1.29 is 4.74 Å². The van der Waals surface area contributed by atoms with E-state index in [2.05, 4.69) is 34.6 Å². The van der Waals surface area contributed by atoms with E-state index in [1.807, 2.05) is 48.9 Å². The largest absolute Gasteiger partial charge is 0.484 e. The van der Waals surface area contributed by atoms with Gasteiger partial charge in [-0.05, 0) is 37.1 Å². The van der Waals surface area contributed by atoms with Crippen molar-refractivity contribution in [3.05, 3.63) is 75.5 Å². The summed E-state index contributed by atoms with van der Waals surface area (Å²) in [6, 6.07) is 14.0. The van der Waals surface area contributed by atoms with E-state index < -0.39 is 0 Å². The van der Waals surface area contributed by atoms with Crippen molar-refractivity contribution in [2.24, 2.45) is 7.05 Å². The van der Waals surface area contributed by atoms with Gasteiger partial charge in [-0.3, -0.25) is 0 Å². The fourth-order valence-corrected chi connectivity index (χ4v) is 4.92. The Bertz CT molecular complexity index is 1170. The Kier molecular flexibility index (Phi) is 6.41. The fourth-order valence-electron chi connectivity index (χ4n) is 2.91. The van der Waals surface area contributed by atoms with E-state index in [1.54, 1.807) is 23.1 Å². The molecular weight excluding hydrogens is 436 g/mol. The van der Waals surface area contributed by atoms with Crippen LogP contribution in [0.3, 0.4) is 0 Å². The number of rotatable bonds is 7. The Balaban J connectivity index is 1.39. The van der Waals surface area contributed by atoms with Gasteiger partial charge in [0.2, 0.25) is 0 Å². The van der Waals surface area contributed by atoms with Crippen molar-refractivity contribution >= 4 is 34.7 Å². The predicted octanol–water partition coefficient (Wildman–Crippen LogP) is 6.08. The molecule has 5 nitrogen and oxygen atoms in total. The van der Waals surface area contributed by atoms with Crippen molar-refractivity contribution in [2.45, 2.75) is 31.4 Å². The van der Waals surface area contributed by atoms with Gasteiger partial charge in [-0.25, -0.2) is 4.98 Å². The first kappa shape index (κ1) is 20.9. The number of thioether (sulfide) groups is 1. The van der Waals surface area contributed by atoms with Gasteiger partial charge < -0.3 is 9.30 Å². The minimum absolute atomic E-state index is 0.307. The zero-order valence-corrected chi connectivity index (χ0v) is 19.3. The second-order valence-corrected chi connectivity index (χ2v) is 9.14. The summed E-state index contributed by atoms with van der Waals surface area (Å²) < 4.78 is 7.80. The number of aromatic nitrogens is 4. The van der Waals surface area contributed by atoms with Gasteiger partial charge in [-0.15, -0.1) is 21.5 Å². The van der Waals surface area contributed by atoms with Crippen molar-refractivity contribution in [1.29, 1.82) is 0 Å². The van der Waals surface area contributed by atoms with Crippen molar-refractivity contribution in [3.63, 3.8) is 0 Å². The molecule has 0 unspecified atom stereocenters. The molecule has 0 fully saturated rings. The molecule has 0 aliphatic carbocycles. The van der Waals surface area contributed by atoms with Crippen LogP contribution < -0.4 is 4.74 Å². The SMILES string of the molecule is Cc1ccc(Cl)c(OCc2nnc(SCc3csc(-c4ccccc4C)n3)n2C)c1. The number of halogens is 1. The molecule has 0 aliphatic heterocycles. The zero-order valence-electron chi connectivity index (χ0n) is 16.9. The first-order valence-corrected chi connectivity index (χ1v) is 11.7. The highest BCUT2D eigenvalue weighted by Gasteiger charge is 2.13. The quantitative estimate of drug-likeness (QED) is 0.315. The number of thiazole rings is 1. The summed E-state index contributed by atoms with van der Waals surface area (Å²) in [5.41, 5.74) is 4.55. The number of ether oxygens (including phenoxy) is 1. The van der Waals surface area contributed by atoms with Crippen LogP contribution in [0.25, 0.3) is 10.6 Å². The number of aryl methyl sites for hydroxylation is 2. The molecule has 0 radical (unpaired) electrons. The third kappa shape index (κ3) is 4.69. The van der Waals surface area contributed by atoms with Crippen LogP contribution in [0.2, 0.25) is 5.02 Å². The molecule has 0 atom stereocenters.